The minimum Gasteiger partial charge on any atom is -0.486 e. The number of carbonyl (C=O) groups is 2. The predicted octanol–water partition coefficient (Wildman–Crippen LogP) is 2.70. The van der Waals surface area contributed by atoms with E-state index in [9.17, 15) is 9.59 Å². The largest absolute Gasteiger partial charge is 0.486 e. The molecule has 2 heterocycles. The Morgan fingerprint density at radius 2 is 2.15 bits per heavy atom. The van der Waals surface area contributed by atoms with Crippen LogP contribution in [0.4, 0.5) is 10.8 Å². The summed E-state index contributed by atoms with van der Waals surface area (Å²) >= 11 is 1.27. The van der Waals surface area contributed by atoms with Gasteiger partial charge in [0, 0.05) is 23.7 Å². The average Bonchev–Trinajstić information content (AvgIpc) is 3.15. The maximum atomic E-state index is 12.3. The van der Waals surface area contributed by atoms with Crippen LogP contribution in [0.1, 0.15) is 17.4 Å². The van der Waals surface area contributed by atoms with Crippen LogP contribution in [0.2, 0.25) is 0 Å². The van der Waals surface area contributed by atoms with Crippen LogP contribution < -0.4 is 20.1 Å². The monoisotopic (exact) mass is 389 g/mol. The number of thiazole rings is 1. The second-order valence-corrected chi connectivity index (χ2v) is 6.46. The first-order valence-electron chi connectivity index (χ1n) is 8.28. The summed E-state index contributed by atoms with van der Waals surface area (Å²) in [5, 5.41) is 7.82. The van der Waals surface area contributed by atoms with Gasteiger partial charge in [-0.15, -0.1) is 17.9 Å². The van der Waals surface area contributed by atoms with Crippen LogP contribution >= 0.6 is 11.3 Å². The molecule has 0 saturated heterocycles. The molecule has 27 heavy (non-hydrogen) atoms. The first kappa shape index (κ1) is 18.7. The van der Waals surface area contributed by atoms with E-state index in [1.165, 1.54) is 18.3 Å². The van der Waals surface area contributed by atoms with Crippen LogP contribution in [0, 0.1) is 0 Å². The maximum Gasteiger partial charge on any atom is 0.358 e. The van der Waals surface area contributed by atoms with E-state index >= 15 is 0 Å². The van der Waals surface area contributed by atoms with Crippen molar-refractivity contribution in [1.82, 2.24) is 4.98 Å². The van der Waals surface area contributed by atoms with Gasteiger partial charge in [0.2, 0.25) is 0 Å². The van der Waals surface area contributed by atoms with Crippen LogP contribution in [-0.4, -0.2) is 42.7 Å². The van der Waals surface area contributed by atoms with E-state index in [0.29, 0.717) is 42.1 Å². The Morgan fingerprint density at radius 3 is 2.93 bits per heavy atom. The summed E-state index contributed by atoms with van der Waals surface area (Å²) in [7, 11) is 0. The van der Waals surface area contributed by atoms with Gasteiger partial charge in [0.05, 0.1) is 0 Å². The Balaban J connectivity index is 1.56. The van der Waals surface area contributed by atoms with Crippen LogP contribution in [0.3, 0.4) is 0 Å². The second-order valence-electron chi connectivity index (χ2n) is 5.60. The van der Waals surface area contributed by atoms with E-state index in [1.807, 2.05) is 0 Å². The third-order valence-corrected chi connectivity index (χ3v) is 4.37. The van der Waals surface area contributed by atoms with E-state index in [0.717, 1.165) is 0 Å². The molecular formula is C18H19N3O5S. The van der Waals surface area contributed by atoms with Gasteiger partial charge in [-0.1, -0.05) is 6.08 Å². The molecule has 2 aromatic rings. The fraction of sp³-hybridized carbons (Fsp3) is 0.278. The fourth-order valence-electron chi connectivity index (χ4n) is 2.25. The Labute approximate surface area is 160 Å². The van der Waals surface area contributed by atoms with Gasteiger partial charge in [-0.2, -0.15) is 0 Å². The van der Waals surface area contributed by atoms with E-state index in [-0.39, 0.29) is 5.69 Å². The molecular weight excluding hydrogens is 370 g/mol. The highest BCUT2D eigenvalue weighted by atomic mass is 32.1. The van der Waals surface area contributed by atoms with Crippen LogP contribution in [0.5, 0.6) is 11.5 Å². The van der Waals surface area contributed by atoms with Gasteiger partial charge in [0.1, 0.15) is 13.2 Å². The number of carbonyl (C=O) groups excluding carboxylic acids is 2. The van der Waals surface area contributed by atoms with Gasteiger partial charge in [-0.3, -0.25) is 4.79 Å². The first-order valence-corrected chi connectivity index (χ1v) is 9.16. The number of aromatic nitrogens is 1. The summed E-state index contributed by atoms with van der Waals surface area (Å²) < 4.78 is 16.1. The molecule has 2 N–H and O–H groups in total. The van der Waals surface area contributed by atoms with Crippen molar-refractivity contribution in [2.75, 3.05) is 30.4 Å². The molecule has 1 aromatic carbocycles. The number of amides is 1. The Kier molecular flexibility index (Phi) is 5.92. The number of fused-ring (bicyclic) bond motifs is 1. The lowest BCUT2D eigenvalue weighted by Crippen LogP contribution is -2.30. The highest BCUT2D eigenvalue weighted by Gasteiger charge is 2.21. The molecule has 9 heteroatoms. The predicted molar refractivity (Wildman–Crippen MR) is 102 cm³/mol. The number of benzene rings is 1. The van der Waals surface area contributed by atoms with Gasteiger partial charge in [0.15, 0.2) is 28.4 Å². The van der Waals surface area contributed by atoms with E-state index in [2.05, 4.69) is 22.2 Å². The zero-order valence-electron chi connectivity index (χ0n) is 14.7. The number of esters is 1. The summed E-state index contributed by atoms with van der Waals surface area (Å²) in [5.74, 6) is 0.0665. The van der Waals surface area contributed by atoms with Crippen molar-refractivity contribution < 1.29 is 23.8 Å². The molecule has 0 radical (unpaired) electrons. The molecule has 1 atom stereocenters. The summed E-state index contributed by atoms with van der Waals surface area (Å²) in [6, 6.07) is 5.07. The van der Waals surface area contributed by atoms with E-state index in [4.69, 9.17) is 14.2 Å². The van der Waals surface area contributed by atoms with Crippen molar-refractivity contribution in [2.24, 2.45) is 0 Å². The molecule has 1 aromatic heterocycles. The van der Waals surface area contributed by atoms with E-state index < -0.39 is 18.0 Å². The number of nitrogens with one attached hydrogen (secondary N) is 2. The van der Waals surface area contributed by atoms with Crippen LogP contribution in [0.25, 0.3) is 0 Å². The number of hydrogen-bond donors (Lipinski definition) is 2. The van der Waals surface area contributed by atoms with Crippen molar-refractivity contribution in [3.8, 4) is 11.5 Å². The van der Waals surface area contributed by atoms with Crippen molar-refractivity contribution in [3.63, 3.8) is 0 Å². The van der Waals surface area contributed by atoms with Gasteiger partial charge in [0.25, 0.3) is 5.91 Å². The summed E-state index contributed by atoms with van der Waals surface area (Å²) in [6.07, 6.45) is 0.695. The summed E-state index contributed by atoms with van der Waals surface area (Å²) in [6.45, 7) is 6.58. The molecule has 0 bridgehead atoms. The van der Waals surface area contributed by atoms with Crippen LogP contribution in [0.15, 0.2) is 36.2 Å². The van der Waals surface area contributed by atoms with Gasteiger partial charge in [-0.25, -0.2) is 9.78 Å². The van der Waals surface area contributed by atoms with Crippen molar-refractivity contribution in [3.05, 3.63) is 41.9 Å². The Morgan fingerprint density at radius 1 is 1.37 bits per heavy atom. The first-order chi connectivity index (χ1) is 13.1. The smallest absolute Gasteiger partial charge is 0.358 e. The molecule has 1 unspecified atom stereocenters. The molecule has 3 rings (SSSR count). The number of rotatable bonds is 7. The minimum atomic E-state index is -0.989. The molecule has 0 saturated carbocycles. The molecule has 8 nitrogen and oxygen atoms in total. The molecule has 1 aliphatic heterocycles. The van der Waals surface area contributed by atoms with Gasteiger partial charge < -0.3 is 24.8 Å². The maximum absolute atomic E-state index is 12.3. The third kappa shape index (κ3) is 4.76. The Bertz CT molecular complexity index is 851. The van der Waals surface area contributed by atoms with E-state index in [1.54, 1.807) is 29.7 Å². The zero-order valence-corrected chi connectivity index (χ0v) is 15.5. The third-order valence-electron chi connectivity index (χ3n) is 3.57. The highest BCUT2D eigenvalue weighted by Crippen LogP contribution is 2.32. The fourth-order valence-corrected chi connectivity index (χ4v) is 2.94. The molecule has 0 fully saturated rings. The quantitative estimate of drug-likeness (QED) is 0.555. The van der Waals surface area contributed by atoms with Crippen molar-refractivity contribution >= 4 is 34.0 Å². The normalized spacial score (nSPS) is 13.4. The average molecular weight is 389 g/mol. The van der Waals surface area contributed by atoms with Crippen LogP contribution in [-0.2, 0) is 9.53 Å². The standard InChI is InChI=1S/C18H19N3O5S/c1-3-6-19-18-21-13(10-27-18)17(23)26-11(2)16(22)20-12-4-5-14-15(9-12)25-8-7-24-14/h3-5,9-11H,1,6-8H2,2H3,(H,19,21)(H,20,22). The van der Waals surface area contributed by atoms with Gasteiger partial charge in [-0.05, 0) is 19.1 Å². The van der Waals surface area contributed by atoms with Gasteiger partial charge >= 0.3 is 5.97 Å². The van der Waals surface area contributed by atoms with Crippen molar-refractivity contribution in [2.45, 2.75) is 13.0 Å². The summed E-state index contributed by atoms with van der Waals surface area (Å²) in [4.78, 5) is 28.6. The SMILES string of the molecule is C=CCNc1nc(C(=O)OC(C)C(=O)Nc2ccc3c(c2)OCCO3)cs1. The lowest BCUT2D eigenvalue weighted by molar-refractivity contribution is -0.123. The summed E-state index contributed by atoms with van der Waals surface area (Å²) in [5.41, 5.74) is 0.669. The molecule has 142 valence electrons. The molecule has 1 amide bonds. The number of ether oxygens (including phenoxy) is 3. The zero-order chi connectivity index (χ0) is 19.2. The molecule has 0 aliphatic carbocycles. The number of anilines is 2. The molecule has 0 spiro atoms. The lowest BCUT2D eigenvalue weighted by Gasteiger charge is -2.19. The lowest BCUT2D eigenvalue weighted by atomic mass is 10.2. The molecule has 1 aliphatic rings. The minimum absolute atomic E-state index is 0.144. The number of nitrogens with zero attached hydrogens (tertiary/aromatic N) is 1. The van der Waals surface area contributed by atoms with Crippen molar-refractivity contribution in [1.29, 1.82) is 0 Å². The topological polar surface area (TPSA) is 98.8 Å². The Hall–Kier alpha value is -3.07. The second kappa shape index (κ2) is 8.54. The highest BCUT2D eigenvalue weighted by molar-refractivity contribution is 7.13. The number of hydrogen-bond acceptors (Lipinski definition) is 8.